The van der Waals surface area contributed by atoms with Gasteiger partial charge in [-0.3, -0.25) is 4.99 Å². The van der Waals surface area contributed by atoms with Crippen LogP contribution in [0.3, 0.4) is 0 Å². The predicted molar refractivity (Wildman–Crippen MR) is 114 cm³/mol. The van der Waals surface area contributed by atoms with Crippen LogP contribution < -0.4 is 10.2 Å². The molecule has 0 unspecified atom stereocenters. The number of nitrogens with one attached hydrogen (secondary N) is 1. The van der Waals surface area contributed by atoms with Gasteiger partial charge in [-0.2, -0.15) is 0 Å². The Morgan fingerprint density at radius 2 is 1.71 bits per heavy atom. The summed E-state index contributed by atoms with van der Waals surface area (Å²) in [6.45, 7) is 7.16. The minimum absolute atomic E-state index is 0.305. The van der Waals surface area contributed by atoms with Crippen molar-refractivity contribution in [2.45, 2.75) is 19.8 Å². The molecule has 28 heavy (non-hydrogen) atoms. The highest BCUT2D eigenvalue weighted by molar-refractivity contribution is 5.80. The Morgan fingerprint density at radius 3 is 2.39 bits per heavy atom. The van der Waals surface area contributed by atoms with Crippen LogP contribution in [0.1, 0.15) is 18.9 Å². The fourth-order valence-electron chi connectivity index (χ4n) is 3.45. The lowest BCUT2D eigenvalue weighted by Gasteiger charge is -2.37. The molecule has 0 saturated carbocycles. The zero-order valence-electron chi connectivity index (χ0n) is 16.5. The SMILES string of the molecule is CCNC(=NCCCc1ccc(O)cc1)N1CCN(c2ccccc2O)CC1. The molecule has 6 nitrogen and oxygen atoms in total. The molecule has 0 bridgehead atoms. The number of benzene rings is 2. The van der Waals surface area contributed by atoms with E-state index in [1.165, 1.54) is 5.56 Å². The molecule has 1 heterocycles. The molecular weight excluding hydrogens is 352 g/mol. The number of aryl methyl sites for hydroxylation is 1. The predicted octanol–water partition coefficient (Wildman–Crippen LogP) is 2.82. The molecule has 0 radical (unpaired) electrons. The second kappa shape index (κ2) is 9.88. The summed E-state index contributed by atoms with van der Waals surface area (Å²) in [4.78, 5) is 9.31. The summed E-state index contributed by atoms with van der Waals surface area (Å²) >= 11 is 0. The van der Waals surface area contributed by atoms with Crippen molar-refractivity contribution in [3.05, 3.63) is 54.1 Å². The quantitative estimate of drug-likeness (QED) is 0.407. The van der Waals surface area contributed by atoms with Crippen LogP contribution in [0, 0.1) is 0 Å². The maximum Gasteiger partial charge on any atom is 0.194 e. The second-order valence-electron chi connectivity index (χ2n) is 6.97. The monoisotopic (exact) mass is 382 g/mol. The van der Waals surface area contributed by atoms with Gasteiger partial charge in [-0.15, -0.1) is 0 Å². The van der Waals surface area contributed by atoms with Gasteiger partial charge in [0.15, 0.2) is 5.96 Å². The number of rotatable bonds is 6. The first kappa shape index (κ1) is 19.9. The number of piperazine rings is 1. The highest BCUT2D eigenvalue weighted by Crippen LogP contribution is 2.27. The van der Waals surface area contributed by atoms with E-state index in [9.17, 15) is 10.2 Å². The van der Waals surface area contributed by atoms with Crippen molar-refractivity contribution in [3.63, 3.8) is 0 Å². The van der Waals surface area contributed by atoms with Crippen LogP contribution in [0.4, 0.5) is 5.69 Å². The molecule has 0 aromatic heterocycles. The third-order valence-corrected chi connectivity index (χ3v) is 4.96. The summed E-state index contributed by atoms with van der Waals surface area (Å²) in [7, 11) is 0. The standard InChI is InChI=1S/C22H30N4O2/c1-2-23-22(24-13-5-6-18-9-11-19(27)12-10-18)26-16-14-25(15-17-26)20-7-3-4-8-21(20)28/h3-4,7-12,27-28H,2,5-6,13-17H2,1H3,(H,23,24). The topological polar surface area (TPSA) is 71.3 Å². The largest absolute Gasteiger partial charge is 0.508 e. The first-order valence-corrected chi connectivity index (χ1v) is 10.0. The van der Waals surface area contributed by atoms with Crippen molar-refractivity contribution in [3.8, 4) is 11.5 Å². The van der Waals surface area contributed by atoms with Gasteiger partial charge in [-0.1, -0.05) is 24.3 Å². The normalized spacial score (nSPS) is 15.0. The van der Waals surface area contributed by atoms with Crippen LogP contribution in [-0.4, -0.2) is 60.3 Å². The summed E-state index contributed by atoms with van der Waals surface area (Å²) in [6, 6.07) is 14.9. The van der Waals surface area contributed by atoms with E-state index in [1.54, 1.807) is 18.2 Å². The fraction of sp³-hybridized carbons (Fsp3) is 0.409. The van der Waals surface area contributed by atoms with Gasteiger partial charge < -0.3 is 25.3 Å². The van der Waals surface area contributed by atoms with Crippen molar-refractivity contribution in [1.82, 2.24) is 10.2 Å². The third kappa shape index (κ3) is 5.31. The Morgan fingerprint density at radius 1 is 1.00 bits per heavy atom. The van der Waals surface area contributed by atoms with Gasteiger partial charge in [0, 0.05) is 39.3 Å². The molecule has 0 atom stereocenters. The first-order valence-electron chi connectivity index (χ1n) is 10.0. The van der Waals surface area contributed by atoms with Gasteiger partial charge in [0.25, 0.3) is 0 Å². The van der Waals surface area contributed by atoms with Gasteiger partial charge >= 0.3 is 0 Å². The Bertz CT molecular complexity index is 768. The third-order valence-electron chi connectivity index (χ3n) is 4.96. The summed E-state index contributed by atoms with van der Waals surface area (Å²) in [5, 5.41) is 22.8. The van der Waals surface area contributed by atoms with E-state index in [2.05, 4.69) is 22.0 Å². The van der Waals surface area contributed by atoms with E-state index in [0.717, 1.165) is 63.8 Å². The zero-order chi connectivity index (χ0) is 19.8. The molecular formula is C22H30N4O2. The molecule has 2 aromatic carbocycles. The number of aromatic hydroxyl groups is 2. The number of hydrogen-bond acceptors (Lipinski definition) is 4. The second-order valence-corrected chi connectivity index (χ2v) is 6.97. The molecule has 1 saturated heterocycles. The van der Waals surface area contributed by atoms with Crippen LogP contribution >= 0.6 is 0 Å². The van der Waals surface area contributed by atoms with Gasteiger partial charge in [0.05, 0.1) is 5.69 Å². The Labute approximate surface area is 167 Å². The van der Waals surface area contributed by atoms with Gasteiger partial charge in [0.1, 0.15) is 11.5 Å². The number of anilines is 1. The molecule has 0 aliphatic carbocycles. The van der Waals surface area contributed by atoms with Crippen LogP contribution in [0.15, 0.2) is 53.5 Å². The maximum atomic E-state index is 10.1. The molecule has 1 aliphatic rings. The van der Waals surface area contributed by atoms with Crippen molar-refractivity contribution in [1.29, 1.82) is 0 Å². The Balaban J connectivity index is 1.51. The highest BCUT2D eigenvalue weighted by Gasteiger charge is 2.21. The zero-order valence-corrected chi connectivity index (χ0v) is 16.5. The number of aliphatic imine (C=N–C) groups is 1. The molecule has 6 heteroatoms. The molecule has 3 N–H and O–H groups in total. The van der Waals surface area contributed by atoms with E-state index < -0.39 is 0 Å². The van der Waals surface area contributed by atoms with Gasteiger partial charge in [0.2, 0.25) is 0 Å². The summed E-state index contributed by atoms with van der Waals surface area (Å²) < 4.78 is 0. The smallest absolute Gasteiger partial charge is 0.194 e. The van der Waals surface area contributed by atoms with Gasteiger partial charge in [-0.05, 0) is 49.6 Å². The van der Waals surface area contributed by atoms with Crippen LogP contribution in [0.2, 0.25) is 0 Å². The number of nitrogens with zero attached hydrogens (tertiary/aromatic N) is 3. The fourth-order valence-corrected chi connectivity index (χ4v) is 3.45. The average Bonchev–Trinajstić information content (AvgIpc) is 2.72. The molecule has 1 aliphatic heterocycles. The van der Waals surface area contributed by atoms with Crippen molar-refractivity contribution in [2.24, 2.45) is 4.99 Å². The van der Waals surface area contributed by atoms with E-state index in [0.29, 0.717) is 11.5 Å². The van der Waals surface area contributed by atoms with Crippen LogP contribution in [0.5, 0.6) is 11.5 Å². The van der Waals surface area contributed by atoms with Crippen LogP contribution in [-0.2, 0) is 6.42 Å². The van der Waals surface area contributed by atoms with Crippen LogP contribution in [0.25, 0.3) is 0 Å². The minimum Gasteiger partial charge on any atom is -0.508 e. The average molecular weight is 383 g/mol. The Kier molecular flexibility index (Phi) is 7.00. The van der Waals surface area contributed by atoms with Crippen molar-refractivity contribution < 1.29 is 10.2 Å². The lowest BCUT2D eigenvalue weighted by Crippen LogP contribution is -2.52. The number of hydrogen-bond donors (Lipinski definition) is 3. The number of phenolic OH excluding ortho intramolecular Hbond substituents is 2. The summed E-state index contributed by atoms with van der Waals surface area (Å²) in [5.41, 5.74) is 2.12. The van der Waals surface area contributed by atoms with E-state index in [-0.39, 0.29) is 0 Å². The maximum absolute atomic E-state index is 10.1. The highest BCUT2D eigenvalue weighted by atomic mass is 16.3. The lowest BCUT2D eigenvalue weighted by molar-refractivity contribution is 0.370. The Hall–Kier alpha value is -2.89. The number of guanidine groups is 1. The summed E-state index contributed by atoms with van der Waals surface area (Å²) in [5.74, 6) is 1.61. The lowest BCUT2D eigenvalue weighted by atomic mass is 10.1. The first-order chi connectivity index (χ1) is 13.7. The molecule has 0 amide bonds. The van der Waals surface area contributed by atoms with E-state index in [4.69, 9.17) is 4.99 Å². The minimum atomic E-state index is 0.305. The molecule has 0 spiro atoms. The van der Waals surface area contributed by atoms with E-state index in [1.807, 2.05) is 30.3 Å². The molecule has 2 aromatic rings. The molecule has 3 rings (SSSR count). The number of para-hydroxylation sites is 2. The summed E-state index contributed by atoms with van der Waals surface area (Å²) in [6.07, 6.45) is 1.92. The number of phenols is 2. The molecule has 150 valence electrons. The van der Waals surface area contributed by atoms with Gasteiger partial charge in [-0.25, -0.2) is 0 Å². The van der Waals surface area contributed by atoms with E-state index >= 15 is 0 Å². The molecule has 1 fully saturated rings. The van der Waals surface area contributed by atoms with Crippen molar-refractivity contribution >= 4 is 11.6 Å². The van der Waals surface area contributed by atoms with Crippen molar-refractivity contribution in [2.75, 3.05) is 44.2 Å².